The number of hydrogen-bond donors (Lipinski definition) is 1. The van der Waals surface area contributed by atoms with Gasteiger partial charge in [-0.05, 0) is 149 Å². The molecule has 0 saturated heterocycles. The molecule has 364 valence electrons. The van der Waals surface area contributed by atoms with Gasteiger partial charge < -0.3 is 9.67 Å². The van der Waals surface area contributed by atoms with E-state index < -0.39 is 0 Å². The van der Waals surface area contributed by atoms with Gasteiger partial charge in [0.2, 0.25) is 0 Å². The van der Waals surface area contributed by atoms with Crippen LogP contribution in [0.15, 0.2) is 164 Å². The molecule has 0 fully saturated rings. The molecule has 0 unspecified atom stereocenters. The van der Waals surface area contributed by atoms with E-state index in [1.165, 1.54) is 22.3 Å². The summed E-state index contributed by atoms with van der Waals surface area (Å²) in [6.45, 7) is 33.2. The summed E-state index contributed by atoms with van der Waals surface area (Å²) in [5.41, 5.74) is 21.5. The molecule has 0 saturated carbocycles. The van der Waals surface area contributed by atoms with Crippen LogP contribution in [0.1, 0.15) is 118 Å². The molecule has 9 aromatic rings. The summed E-state index contributed by atoms with van der Waals surface area (Å²) < 4.78 is 2.18. The summed E-state index contributed by atoms with van der Waals surface area (Å²) in [5.74, 6) is 0.972. The number of nitrogens with zero attached hydrogens (tertiary/aromatic N) is 3. The average Bonchev–Trinajstić information content (AvgIpc) is 3.67. The Morgan fingerprint density at radius 2 is 0.944 bits per heavy atom. The second kappa shape index (κ2) is 18.4. The number of fused-ring (bicyclic) bond motifs is 1. The molecular weight excluding hydrogens is 875 g/mol. The van der Waals surface area contributed by atoms with E-state index in [0.717, 1.165) is 94.6 Å². The first-order valence-corrected chi connectivity index (χ1v) is 25.4. The Labute approximate surface area is 429 Å². The highest BCUT2D eigenvalue weighted by Crippen LogP contribution is 2.47. The lowest BCUT2D eigenvalue weighted by Gasteiger charge is -2.27. The van der Waals surface area contributed by atoms with E-state index in [4.69, 9.17) is 9.97 Å². The van der Waals surface area contributed by atoms with Gasteiger partial charge in [0.25, 0.3) is 0 Å². The largest absolute Gasteiger partial charge is 0.507 e. The number of rotatable bonds is 8. The lowest BCUT2D eigenvalue weighted by Crippen LogP contribution is -2.17. The highest BCUT2D eigenvalue weighted by molar-refractivity contribution is 6.02. The van der Waals surface area contributed by atoms with E-state index in [-0.39, 0.29) is 27.4 Å². The summed E-state index contributed by atoms with van der Waals surface area (Å²) in [6, 6.07) is 55.5. The maximum Gasteiger partial charge on any atom is 0.144 e. The van der Waals surface area contributed by atoms with E-state index in [2.05, 4.69) is 247 Å². The van der Waals surface area contributed by atoms with Crippen LogP contribution in [0.25, 0.3) is 94.9 Å². The molecule has 0 aliphatic heterocycles. The van der Waals surface area contributed by atoms with Crippen molar-refractivity contribution < 1.29 is 5.11 Å². The summed E-state index contributed by atoms with van der Waals surface area (Å²) >= 11 is 0. The first kappa shape index (κ1) is 49.7. The molecular formula is C68H71N3O. The third-order valence-electron chi connectivity index (χ3n) is 14.4. The fraction of sp³-hybridized carbons (Fsp3) is 0.265. The lowest BCUT2D eigenvalue weighted by atomic mass is 9.79. The number of pyridine rings is 1. The van der Waals surface area contributed by atoms with Crippen molar-refractivity contribution in [2.45, 2.75) is 112 Å². The number of imidazole rings is 1. The van der Waals surface area contributed by atoms with Crippen LogP contribution in [-0.2, 0) is 28.7 Å². The molecule has 0 aliphatic rings. The predicted octanol–water partition coefficient (Wildman–Crippen LogP) is 18.6. The third-order valence-corrected chi connectivity index (χ3v) is 14.4. The maximum absolute atomic E-state index is 12.4. The number of hydrogen-bond acceptors (Lipinski definition) is 3. The van der Waals surface area contributed by atoms with Gasteiger partial charge in [0.1, 0.15) is 11.6 Å². The van der Waals surface area contributed by atoms with Gasteiger partial charge in [-0.1, -0.05) is 198 Å². The normalized spacial score (nSPS) is 12.4. The Morgan fingerprint density at radius 1 is 0.458 bits per heavy atom. The summed E-state index contributed by atoms with van der Waals surface area (Å²) in [5, 5.41) is 12.4. The Balaban J connectivity index is 1.41. The fourth-order valence-corrected chi connectivity index (χ4v) is 9.89. The SMILES string of the molecule is C=C(C)c1ccnc(-c2cc(-c3ccc(C(C)(C)C)cc3-c3ccccc3)cc(-c3cc(-c4ccc(C(C)(C)C)cc4-c4ccccc4)cc4c3nc(-c3cc(C(C)(C)C)cc(C(C)(C)C)c3O)n4C)c2)c1. The van der Waals surface area contributed by atoms with Crippen LogP contribution in [0, 0.1) is 0 Å². The zero-order valence-corrected chi connectivity index (χ0v) is 45.0. The average molecular weight is 946 g/mol. The van der Waals surface area contributed by atoms with Gasteiger partial charge in [-0.25, -0.2) is 4.98 Å². The van der Waals surface area contributed by atoms with Crippen LogP contribution in [-0.4, -0.2) is 19.6 Å². The van der Waals surface area contributed by atoms with Crippen molar-refractivity contribution in [2.24, 2.45) is 7.05 Å². The molecule has 72 heavy (non-hydrogen) atoms. The second-order valence-corrected chi connectivity index (χ2v) is 24.1. The first-order chi connectivity index (χ1) is 33.9. The van der Waals surface area contributed by atoms with E-state index in [9.17, 15) is 5.11 Å². The number of allylic oxidation sites excluding steroid dienone is 1. The maximum atomic E-state index is 12.4. The number of benzene rings is 7. The molecule has 0 radical (unpaired) electrons. The van der Waals surface area contributed by atoms with E-state index in [1.807, 2.05) is 19.2 Å². The van der Waals surface area contributed by atoms with Gasteiger partial charge in [0.05, 0.1) is 22.3 Å². The van der Waals surface area contributed by atoms with Crippen molar-refractivity contribution in [3.05, 3.63) is 192 Å². The Hall–Kier alpha value is -7.30. The van der Waals surface area contributed by atoms with Crippen LogP contribution < -0.4 is 0 Å². The van der Waals surface area contributed by atoms with Crippen molar-refractivity contribution >= 4 is 16.6 Å². The highest BCUT2D eigenvalue weighted by atomic mass is 16.3. The van der Waals surface area contributed by atoms with Crippen molar-refractivity contribution in [3.63, 3.8) is 0 Å². The minimum absolute atomic E-state index is 0.0527. The quantitative estimate of drug-likeness (QED) is 0.165. The zero-order valence-electron chi connectivity index (χ0n) is 45.0. The standard InChI is InChI=1S/C68H71N3O/c1-42(2)45-30-31-69-60(36-45)49-33-46(53-28-26-50(65(3,4)5)38-55(53)43-22-18-16-19-23-43)32-47(34-49)57-35-48(54-29-27-51(66(6,7)8)39-56(54)44-24-20-17-21-25-44)37-61-62(57)70-64(71(61)15)58-40-52(67(9,10)11)41-59(63(58)72)68(12,13)14/h16-41,72H,1H2,2-15H3. The molecule has 0 amide bonds. The van der Waals surface area contributed by atoms with Gasteiger partial charge in [0.15, 0.2) is 0 Å². The third kappa shape index (κ3) is 9.72. The minimum Gasteiger partial charge on any atom is -0.507 e. The molecule has 2 heterocycles. The Kier molecular flexibility index (Phi) is 12.7. The molecule has 7 aromatic carbocycles. The van der Waals surface area contributed by atoms with Crippen molar-refractivity contribution in [3.8, 4) is 84.0 Å². The lowest BCUT2D eigenvalue weighted by molar-refractivity contribution is 0.446. The molecule has 0 bridgehead atoms. The summed E-state index contributed by atoms with van der Waals surface area (Å²) in [4.78, 5) is 10.7. The summed E-state index contributed by atoms with van der Waals surface area (Å²) in [7, 11) is 2.09. The van der Waals surface area contributed by atoms with Crippen LogP contribution in [0.3, 0.4) is 0 Å². The smallest absolute Gasteiger partial charge is 0.144 e. The van der Waals surface area contributed by atoms with Crippen LogP contribution in [0.5, 0.6) is 5.75 Å². The topological polar surface area (TPSA) is 50.9 Å². The van der Waals surface area contributed by atoms with Gasteiger partial charge in [0, 0.05) is 29.9 Å². The molecule has 0 spiro atoms. The van der Waals surface area contributed by atoms with Gasteiger partial charge in [-0.2, -0.15) is 0 Å². The van der Waals surface area contributed by atoms with Crippen LogP contribution in [0.4, 0.5) is 0 Å². The number of aryl methyl sites for hydroxylation is 1. The first-order valence-electron chi connectivity index (χ1n) is 25.4. The monoisotopic (exact) mass is 946 g/mol. The Bertz CT molecular complexity index is 3530. The number of aromatic nitrogens is 3. The molecule has 4 heteroatoms. The zero-order chi connectivity index (χ0) is 51.7. The summed E-state index contributed by atoms with van der Waals surface area (Å²) in [6.07, 6.45) is 1.89. The van der Waals surface area contributed by atoms with Gasteiger partial charge >= 0.3 is 0 Å². The van der Waals surface area contributed by atoms with Crippen LogP contribution >= 0.6 is 0 Å². The van der Waals surface area contributed by atoms with Crippen molar-refractivity contribution in [1.29, 1.82) is 0 Å². The van der Waals surface area contributed by atoms with Crippen molar-refractivity contribution in [2.75, 3.05) is 0 Å². The van der Waals surface area contributed by atoms with E-state index >= 15 is 0 Å². The Morgan fingerprint density at radius 3 is 1.44 bits per heavy atom. The van der Waals surface area contributed by atoms with E-state index in [0.29, 0.717) is 5.82 Å². The predicted molar refractivity (Wildman–Crippen MR) is 308 cm³/mol. The molecule has 2 aromatic heterocycles. The number of phenols is 1. The molecule has 9 rings (SSSR count). The molecule has 0 atom stereocenters. The van der Waals surface area contributed by atoms with E-state index in [1.54, 1.807) is 0 Å². The van der Waals surface area contributed by atoms with Crippen molar-refractivity contribution in [1.82, 2.24) is 14.5 Å². The molecule has 0 aliphatic carbocycles. The van der Waals surface area contributed by atoms with Gasteiger partial charge in [-0.3, -0.25) is 4.98 Å². The minimum atomic E-state index is -0.313. The second-order valence-electron chi connectivity index (χ2n) is 24.1. The highest BCUT2D eigenvalue weighted by Gasteiger charge is 2.29. The van der Waals surface area contributed by atoms with Crippen LogP contribution in [0.2, 0.25) is 0 Å². The molecule has 4 nitrogen and oxygen atoms in total. The number of aromatic hydroxyl groups is 1. The fourth-order valence-electron chi connectivity index (χ4n) is 9.89. The van der Waals surface area contributed by atoms with Gasteiger partial charge in [-0.15, -0.1) is 0 Å². The molecule has 1 N–H and O–H groups in total. The number of phenolic OH excluding ortho intramolecular Hbond substituents is 1.